The Kier molecular flexibility index (Phi) is 5.18. The molecule has 1 unspecified atom stereocenters. The van der Waals surface area contributed by atoms with Crippen LogP contribution in [0.4, 0.5) is 0 Å². The minimum Gasteiger partial charge on any atom is -0.494 e. The highest BCUT2D eigenvalue weighted by Crippen LogP contribution is 2.24. The highest BCUT2D eigenvalue weighted by atomic mass is 16.5. The molecule has 1 heterocycles. The second-order valence-corrected chi connectivity index (χ2v) is 4.86. The molecule has 20 heavy (non-hydrogen) atoms. The molecule has 2 rings (SSSR count). The van der Waals surface area contributed by atoms with E-state index in [-0.39, 0.29) is 0 Å². The summed E-state index contributed by atoms with van der Waals surface area (Å²) in [6, 6.07) is 7.60. The molecule has 1 atom stereocenters. The van der Waals surface area contributed by atoms with Crippen molar-refractivity contribution in [2.45, 2.75) is 39.3 Å². The largest absolute Gasteiger partial charge is 0.494 e. The zero-order chi connectivity index (χ0) is 14.4. The number of nitrogens with zero attached hydrogens (tertiary/aromatic N) is 2. The SMILES string of the molecule is CCCOc1cccc(C(O)c2cnn(CCC)c2)c1. The van der Waals surface area contributed by atoms with Crippen LogP contribution < -0.4 is 4.74 Å². The van der Waals surface area contributed by atoms with Gasteiger partial charge in [-0.25, -0.2) is 0 Å². The fourth-order valence-electron chi connectivity index (χ4n) is 2.06. The molecular formula is C16H22N2O2. The van der Waals surface area contributed by atoms with Crippen molar-refractivity contribution in [2.24, 2.45) is 0 Å². The van der Waals surface area contributed by atoms with Crippen molar-refractivity contribution in [2.75, 3.05) is 6.61 Å². The van der Waals surface area contributed by atoms with Crippen LogP contribution in [0.3, 0.4) is 0 Å². The zero-order valence-electron chi connectivity index (χ0n) is 12.1. The van der Waals surface area contributed by atoms with E-state index >= 15 is 0 Å². The van der Waals surface area contributed by atoms with Crippen molar-refractivity contribution < 1.29 is 9.84 Å². The van der Waals surface area contributed by atoms with Crippen LogP contribution in [0, 0.1) is 0 Å². The third kappa shape index (κ3) is 3.61. The van der Waals surface area contributed by atoms with Crippen LogP contribution in [0.15, 0.2) is 36.7 Å². The van der Waals surface area contributed by atoms with E-state index in [1.807, 2.05) is 35.1 Å². The normalized spacial score (nSPS) is 12.3. The maximum absolute atomic E-state index is 10.4. The minimum absolute atomic E-state index is 0.661. The molecule has 2 aromatic rings. The number of hydrogen-bond donors (Lipinski definition) is 1. The van der Waals surface area contributed by atoms with Gasteiger partial charge in [0.1, 0.15) is 11.9 Å². The molecule has 0 aliphatic heterocycles. The van der Waals surface area contributed by atoms with E-state index in [1.54, 1.807) is 6.20 Å². The number of aliphatic hydroxyl groups excluding tert-OH is 1. The van der Waals surface area contributed by atoms with Gasteiger partial charge in [-0.2, -0.15) is 5.10 Å². The molecule has 0 amide bonds. The monoisotopic (exact) mass is 274 g/mol. The van der Waals surface area contributed by atoms with Gasteiger partial charge in [-0.3, -0.25) is 4.68 Å². The Morgan fingerprint density at radius 3 is 2.85 bits per heavy atom. The van der Waals surface area contributed by atoms with E-state index in [4.69, 9.17) is 4.74 Å². The molecule has 0 aliphatic rings. The van der Waals surface area contributed by atoms with Crippen LogP contribution in [0.25, 0.3) is 0 Å². The van der Waals surface area contributed by atoms with Crippen LogP contribution in [-0.4, -0.2) is 21.5 Å². The van der Waals surface area contributed by atoms with Crippen LogP contribution >= 0.6 is 0 Å². The van der Waals surface area contributed by atoms with Crippen molar-refractivity contribution in [1.29, 1.82) is 0 Å². The topological polar surface area (TPSA) is 47.3 Å². The molecule has 4 heteroatoms. The van der Waals surface area contributed by atoms with Crippen molar-refractivity contribution in [3.8, 4) is 5.75 Å². The lowest BCUT2D eigenvalue weighted by Crippen LogP contribution is -2.01. The van der Waals surface area contributed by atoms with Gasteiger partial charge in [0, 0.05) is 18.3 Å². The summed E-state index contributed by atoms with van der Waals surface area (Å²) < 4.78 is 7.45. The van der Waals surface area contributed by atoms with Gasteiger partial charge in [0.05, 0.1) is 12.8 Å². The Morgan fingerprint density at radius 2 is 2.10 bits per heavy atom. The van der Waals surface area contributed by atoms with Crippen LogP contribution in [0.5, 0.6) is 5.75 Å². The summed E-state index contributed by atoms with van der Waals surface area (Å²) in [5.74, 6) is 0.796. The molecule has 0 bridgehead atoms. The van der Waals surface area contributed by atoms with Crippen molar-refractivity contribution in [3.05, 3.63) is 47.8 Å². The van der Waals surface area contributed by atoms with E-state index in [0.29, 0.717) is 6.61 Å². The molecule has 1 aromatic heterocycles. The van der Waals surface area contributed by atoms with Crippen LogP contribution in [-0.2, 0) is 6.54 Å². The Bertz CT molecular complexity index is 537. The first-order chi connectivity index (χ1) is 9.74. The fourth-order valence-corrected chi connectivity index (χ4v) is 2.06. The zero-order valence-corrected chi connectivity index (χ0v) is 12.1. The lowest BCUT2D eigenvalue weighted by atomic mass is 10.0. The predicted octanol–water partition coefficient (Wildman–Crippen LogP) is 3.16. The van der Waals surface area contributed by atoms with Gasteiger partial charge in [-0.15, -0.1) is 0 Å². The number of hydrogen-bond acceptors (Lipinski definition) is 3. The molecule has 0 saturated carbocycles. The Balaban J connectivity index is 2.12. The number of aliphatic hydroxyl groups is 1. The summed E-state index contributed by atoms with van der Waals surface area (Å²) in [5.41, 5.74) is 1.64. The third-order valence-corrected chi connectivity index (χ3v) is 3.07. The van der Waals surface area contributed by atoms with Crippen molar-refractivity contribution in [1.82, 2.24) is 9.78 Å². The van der Waals surface area contributed by atoms with E-state index in [9.17, 15) is 5.11 Å². The molecule has 4 nitrogen and oxygen atoms in total. The predicted molar refractivity (Wildman–Crippen MR) is 78.8 cm³/mol. The van der Waals surface area contributed by atoms with E-state index in [0.717, 1.165) is 36.3 Å². The number of ether oxygens (including phenoxy) is 1. The maximum Gasteiger partial charge on any atom is 0.119 e. The highest BCUT2D eigenvalue weighted by molar-refractivity contribution is 5.34. The fraction of sp³-hybridized carbons (Fsp3) is 0.438. The summed E-state index contributed by atoms with van der Waals surface area (Å²) in [7, 11) is 0. The molecule has 0 fully saturated rings. The third-order valence-electron chi connectivity index (χ3n) is 3.07. The van der Waals surface area contributed by atoms with Crippen LogP contribution in [0.2, 0.25) is 0 Å². The first-order valence-electron chi connectivity index (χ1n) is 7.17. The molecule has 0 radical (unpaired) electrons. The number of rotatable bonds is 7. The van der Waals surface area contributed by atoms with E-state index in [1.165, 1.54) is 0 Å². The lowest BCUT2D eigenvalue weighted by Gasteiger charge is -2.11. The molecule has 0 spiro atoms. The van der Waals surface area contributed by atoms with Gasteiger partial charge in [0.15, 0.2) is 0 Å². The van der Waals surface area contributed by atoms with E-state index < -0.39 is 6.10 Å². The Labute approximate surface area is 120 Å². The quantitative estimate of drug-likeness (QED) is 0.843. The summed E-state index contributed by atoms with van der Waals surface area (Å²) in [6.07, 6.45) is 4.95. The van der Waals surface area contributed by atoms with Crippen LogP contribution in [0.1, 0.15) is 43.9 Å². The first-order valence-corrected chi connectivity index (χ1v) is 7.17. The highest BCUT2D eigenvalue weighted by Gasteiger charge is 2.13. The average Bonchev–Trinajstić information content (AvgIpc) is 2.93. The minimum atomic E-state index is -0.661. The Morgan fingerprint density at radius 1 is 1.25 bits per heavy atom. The summed E-state index contributed by atoms with van der Waals surface area (Å²) in [6.45, 7) is 5.73. The van der Waals surface area contributed by atoms with Gasteiger partial charge in [-0.1, -0.05) is 26.0 Å². The molecular weight excluding hydrogens is 252 g/mol. The second-order valence-electron chi connectivity index (χ2n) is 4.86. The molecule has 108 valence electrons. The maximum atomic E-state index is 10.4. The summed E-state index contributed by atoms with van der Waals surface area (Å²) in [4.78, 5) is 0. The Hall–Kier alpha value is -1.81. The van der Waals surface area contributed by atoms with Gasteiger partial charge in [0.25, 0.3) is 0 Å². The number of aromatic nitrogens is 2. The number of benzene rings is 1. The van der Waals surface area contributed by atoms with Gasteiger partial charge < -0.3 is 9.84 Å². The first kappa shape index (κ1) is 14.6. The molecule has 0 aliphatic carbocycles. The molecule has 0 saturated heterocycles. The van der Waals surface area contributed by atoms with Crippen molar-refractivity contribution >= 4 is 0 Å². The van der Waals surface area contributed by atoms with Gasteiger partial charge in [-0.05, 0) is 30.5 Å². The smallest absolute Gasteiger partial charge is 0.119 e. The second kappa shape index (κ2) is 7.10. The lowest BCUT2D eigenvalue weighted by molar-refractivity contribution is 0.219. The van der Waals surface area contributed by atoms with E-state index in [2.05, 4.69) is 18.9 Å². The summed E-state index contributed by atoms with van der Waals surface area (Å²) in [5, 5.41) is 14.7. The number of aryl methyl sites for hydroxylation is 1. The summed E-state index contributed by atoms with van der Waals surface area (Å²) >= 11 is 0. The van der Waals surface area contributed by atoms with Gasteiger partial charge in [0.2, 0.25) is 0 Å². The van der Waals surface area contributed by atoms with Crippen molar-refractivity contribution in [3.63, 3.8) is 0 Å². The van der Waals surface area contributed by atoms with Gasteiger partial charge >= 0.3 is 0 Å². The molecule has 1 N–H and O–H groups in total. The standard InChI is InChI=1S/C16H22N2O2/c1-3-8-18-12-14(11-17-18)16(19)13-6-5-7-15(10-13)20-9-4-2/h5-7,10-12,16,19H,3-4,8-9H2,1-2H3. The average molecular weight is 274 g/mol. The molecule has 1 aromatic carbocycles.